The van der Waals surface area contributed by atoms with Crippen molar-refractivity contribution in [3.05, 3.63) is 47.4 Å². The molecule has 0 saturated heterocycles. The van der Waals surface area contributed by atoms with Crippen LogP contribution in [0.1, 0.15) is 21.9 Å². The Morgan fingerprint density at radius 1 is 1.38 bits per heavy atom. The Morgan fingerprint density at radius 2 is 2.19 bits per heavy atom. The Bertz CT molecular complexity index is 654. The molecule has 0 unspecified atom stereocenters. The Balaban J connectivity index is 0.00000161. The van der Waals surface area contributed by atoms with E-state index in [0.717, 1.165) is 23.4 Å². The Morgan fingerprint density at radius 3 is 2.86 bits per heavy atom. The van der Waals surface area contributed by atoms with Gasteiger partial charge in [0.2, 0.25) is 0 Å². The zero-order chi connectivity index (χ0) is 14.1. The molecule has 0 fully saturated rings. The number of fused-ring (bicyclic) bond motifs is 1. The summed E-state index contributed by atoms with van der Waals surface area (Å²) in [6.07, 6.45) is 0.822. The van der Waals surface area contributed by atoms with Crippen LogP contribution >= 0.6 is 12.4 Å². The van der Waals surface area contributed by atoms with Gasteiger partial charge in [-0.25, -0.2) is 0 Å². The molecule has 1 aromatic heterocycles. The van der Waals surface area contributed by atoms with Crippen LogP contribution in [0.15, 0.2) is 34.7 Å². The first-order valence-electron chi connectivity index (χ1n) is 6.50. The third kappa shape index (κ3) is 2.75. The van der Waals surface area contributed by atoms with E-state index in [-0.39, 0.29) is 18.3 Å². The zero-order valence-corrected chi connectivity index (χ0v) is 12.5. The number of hydrogen-bond acceptors (Lipinski definition) is 4. The highest BCUT2D eigenvalue weighted by atomic mass is 35.5. The van der Waals surface area contributed by atoms with E-state index in [4.69, 9.17) is 14.9 Å². The molecule has 1 aliphatic heterocycles. The maximum Gasteiger partial charge on any atom is 0.293 e. The quantitative estimate of drug-likeness (QED) is 0.945. The third-order valence-corrected chi connectivity index (χ3v) is 3.50. The summed E-state index contributed by atoms with van der Waals surface area (Å²) in [5.41, 5.74) is 7.52. The number of carbonyl (C=O) groups excluding carboxylic acids is 1. The number of hydrogen-bond donors (Lipinski definition) is 1. The van der Waals surface area contributed by atoms with Gasteiger partial charge in [0.15, 0.2) is 5.76 Å². The van der Waals surface area contributed by atoms with Gasteiger partial charge in [0.25, 0.3) is 5.91 Å². The van der Waals surface area contributed by atoms with Crippen LogP contribution in [-0.4, -0.2) is 19.6 Å². The first-order chi connectivity index (χ1) is 9.72. The number of nitrogens with two attached hydrogens (primary N) is 1. The number of methoxy groups -OCH3 is 1. The van der Waals surface area contributed by atoms with E-state index >= 15 is 0 Å². The van der Waals surface area contributed by atoms with Gasteiger partial charge in [-0.1, -0.05) is 0 Å². The van der Waals surface area contributed by atoms with Crippen LogP contribution in [0.25, 0.3) is 0 Å². The van der Waals surface area contributed by atoms with Crippen molar-refractivity contribution < 1.29 is 13.9 Å². The van der Waals surface area contributed by atoms with Crippen molar-refractivity contribution in [3.63, 3.8) is 0 Å². The molecule has 21 heavy (non-hydrogen) atoms. The molecule has 112 valence electrons. The first kappa shape index (κ1) is 15.4. The smallest absolute Gasteiger partial charge is 0.293 e. The standard InChI is InChI=1S/C15H16N2O3.ClH/c1-19-11-2-4-13-10(8-11)6-7-17(13)15(18)14-5-3-12(9-16)20-14;/h2-5,8H,6-7,9,16H2,1H3;1H. The van der Waals surface area contributed by atoms with Crippen molar-refractivity contribution in [2.45, 2.75) is 13.0 Å². The molecule has 2 N–H and O–H groups in total. The minimum Gasteiger partial charge on any atom is -0.497 e. The van der Waals surface area contributed by atoms with Gasteiger partial charge in [-0.3, -0.25) is 4.79 Å². The molecule has 0 atom stereocenters. The lowest BCUT2D eigenvalue weighted by Gasteiger charge is -2.16. The molecule has 2 aromatic rings. The molecule has 1 aliphatic rings. The van der Waals surface area contributed by atoms with E-state index < -0.39 is 0 Å². The highest BCUT2D eigenvalue weighted by Crippen LogP contribution is 2.32. The van der Waals surface area contributed by atoms with Crippen LogP contribution in [-0.2, 0) is 13.0 Å². The van der Waals surface area contributed by atoms with E-state index in [0.29, 0.717) is 24.6 Å². The molecule has 0 bridgehead atoms. The predicted molar refractivity (Wildman–Crippen MR) is 82.2 cm³/mol. The number of furan rings is 1. The van der Waals surface area contributed by atoms with Gasteiger partial charge in [-0.2, -0.15) is 0 Å². The molecule has 1 aromatic carbocycles. The summed E-state index contributed by atoms with van der Waals surface area (Å²) in [5.74, 6) is 1.62. The largest absolute Gasteiger partial charge is 0.497 e. The molecule has 6 heteroatoms. The Labute approximate surface area is 129 Å². The van der Waals surface area contributed by atoms with Gasteiger partial charge in [0.1, 0.15) is 11.5 Å². The van der Waals surface area contributed by atoms with Crippen LogP contribution in [0.2, 0.25) is 0 Å². The van der Waals surface area contributed by atoms with Gasteiger partial charge >= 0.3 is 0 Å². The van der Waals surface area contributed by atoms with Gasteiger partial charge in [0.05, 0.1) is 13.7 Å². The molecule has 5 nitrogen and oxygen atoms in total. The van der Waals surface area contributed by atoms with E-state index in [1.807, 2.05) is 18.2 Å². The minimum absolute atomic E-state index is 0. The number of anilines is 1. The van der Waals surface area contributed by atoms with Crippen molar-refractivity contribution in [2.75, 3.05) is 18.6 Å². The number of rotatable bonds is 3. The summed E-state index contributed by atoms with van der Waals surface area (Å²) < 4.78 is 10.6. The fourth-order valence-corrected chi connectivity index (χ4v) is 2.45. The molecule has 2 heterocycles. The highest BCUT2D eigenvalue weighted by molar-refractivity contribution is 6.05. The number of carbonyl (C=O) groups is 1. The zero-order valence-electron chi connectivity index (χ0n) is 11.7. The molecular formula is C15H17ClN2O3. The number of ether oxygens (including phenoxy) is 1. The van der Waals surface area contributed by atoms with Gasteiger partial charge in [-0.05, 0) is 42.3 Å². The van der Waals surface area contributed by atoms with E-state index in [9.17, 15) is 4.79 Å². The fraction of sp³-hybridized carbons (Fsp3) is 0.267. The number of amides is 1. The number of benzene rings is 1. The lowest BCUT2D eigenvalue weighted by atomic mass is 10.1. The summed E-state index contributed by atoms with van der Waals surface area (Å²) in [4.78, 5) is 14.2. The Hall–Kier alpha value is -1.98. The summed E-state index contributed by atoms with van der Waals surface area (Å²) in [6.45, 7) is 0.945. The van der Waals surface area contributed by atoms with Crippen molar-refractivity contribution in [1.29, 1.82) is 0 Å². The SMILES string of the molecule is COc1ccc2c(c1)CCN2C(=O)c1ccc(CN)o1.Cl. The lowest BCUT2D eigenvalue weighted by Crippen LogP contribution is -2.28. The van der Waals surface area contributed by atoms with Gasteiger partial charge < -0.3 is 19.8 Å². The molecule has 0 saturated carbocycles. The summed E-state index contributed by atoms with van der Waals surface area (Å²) in [6, 6.07) is 9.14. The van der Waals surface area contributed by atoms with Crippen molar-refractivity contribution in [2.24, 2.45) is 5.73 Å². The predicted octanol–water partition coefficient (Wildman–Crippen LogP) is 2.37. The highest BCUT2D eigenvalue weighted by Gasteiger charge is 2.27. The monoisotopic (exact) mass is 308 g/mol. The van der Waals surface area contributed by atoms with Gasteiger partial charge in [-0.15, -0.1) is 12.4 Å². The summed E-state index contributed by atoms with van der Waals surface area (Å²) in [5, 5.41) is 0. The molecule has 0 radical (unpaired) electrons. The van der Waals surface area contributed by atoms with E-state index in [2.05, 4.69) is 0 Å². The van der Waals surface area contributed by atoms with E-state index in [1.165, 1.54) is 0 Å². The maximum atomic E-state index is 12.5. The second-order valence-electron chi connectivity index (χ2n) is 4.67. The first-order valence-corrected chi connectivity index (χ1v) is 6.50. The summed E-state index contributed by atoms with van der Waals surface area (Å²) >= 11 is 0. The molecule has 0 aliphatic carbocycles. The third-order valence-electron chi connectivity index (χ3n) is 3.50. The topological polar surface area (TPSA) is 68.7 Å². The van der Waals surface area contributed by atoms with Crippen LogP contribution in [0.5, 0.6) is 5.75 Å². The molecular weight excluding hydrogens is 292 g/mol. The van der Waals surface area contributed by atoms with Crippen LogP contribution in [0.4, 0.5) is 5.69 Å². The number of halogens is 1. The average Bonchev–Trinajstić information content (AvgIpc) is 3.12. The minimum atomic E-state index is -0.131. The maximum absolute atomic E-state index is 12.5. The van der Waals surface area contributed by atoms with Crippen LogP contribution in [0.3, 0.4) is 0 Å². The fourth-order valence-electron chi connectivity index (χ4n) is 2.45. The van der Waals surface area contributed by atoms with Crippen LogP contribution in [0, 0.1) is 0 Å². The number of nitrogens with zero attached hydrogens (tertiary/aromatic N) is 1. The Kier molecular flexibility index (Phi) is 4.55. The second-order valence-corrected chi connectivity index (χ2v) is 4.67. The van der Waals surface area contributed by atoms with Gasteiger partial charge in [0, 0.05) is 12.2 Å². The van der Waals surface area contributed by atoms with Crippen LogP contribution < -0.4 is 15.4 Å². The second kappa shape index (κ2) is 6.20. The lowest BCUT2D eigenvalue weighted by molar-refractivity contribution is 0.0961. The molecule has 3 rings (SSSR count). The van der Waals surface area contributed by atoms with E-state index in [1.54, 1.807) is 24.1 Å². The normalized spacial score (nSPS) is 12.8. The molecule has 1 amide bonds. The van der Waals surface area contributed by atoms with Crippen molar-refractivity contribution in [3.8, 4) is 5.75 Å². The molecule has 0 spiro atoms. The van der Waals surface area contributed by atoms with Crippen molar-refractivity contribution >= 4 is 24.0 Å². The summed E-state index contributed by atoms with van der Waals surface area (Å²) in [7, 11) is 1.64. The van der Waals surface area contributed by atoms with Crippen molar-refractivity contribution in [1.82, 2.24) is 0 Å². The average molecular weight is 309 g/mol.